The molecule has 0 saturated carbocycles. The molecule has 0 aliphatic heterocycles. The molecule has 0 aliphatic rings. The molecule has 1 heterocycles. The summed E-state index contributed by atoms with van der Waals surface area (Å²) in [4.78, 5) is 35.9. The van der Waals surface area contributed by atoms with Crippen molar-refractivity contribution < 1.29 is 23.5 Å². The van der Waals surface area contributed by atoms with Crippen LogP contribution < -0.4 is 15.5 Å². The maximum absolute atomic E-state index is 12.4. The van der Waals surface area contributed by atoms with Crippen LogP contribution in [0.2, 0.25) is 0 Å². The number of carbonyl (C=O) groups excluding carboxylic acids is 2. The number of esters is 1. The van der Waals surface area contributed by atoms with Crippen LogP contribution in [0.5, 0.6) is 5.75 Å². The molecule has 0 fully saturated rings. The van der Waals surface area contributed by atoms with Crippen molar-refractivity contribution in [2.45, 2.75) is 19.8 Å². The third-order valence-electron chi connectivity index (χ3n) is 3.59. The van der Waals surface area contributed by atoms with Crippen LogP contribution >= 0.6 is 0 Å². The van der Waals surface area contributed by atoms with Crippen molar-refractivity contribution in [1.82, 2.24) is 0 Å². The highest BCUT2D eigenvalue weighted by Crippen LogP contribution is 2.26. The zero-order chi connectivity index (χ0) is 18.6. The second-order valence-electron chi connectivity index (χ2n) is 5.58. The average Bonchev–Trinajstić information content (AvgIpc) is 2.60. The highest BCUT2D eigenvalue weighted by atomic mass is 16.5. The second-order valence-corrected chi connectivity index (χ2v) is 5.58. The lowest BCUT2D eigenvalue weighted by Crippen LogP contribution is -2.17. The predicted octanol–water partition coefficient (Wildman–Crippen LogP) is 2.81. The molecule has 1 amide bonds. The lowest BCUT2D eigenvalue weighted by atomic mass is 9.99. The standard InChI is InChI=1S/C18H19NO6/c1-10(2)12-6-5-11(18(22)24-4)7-13(12)19-17(21)15-8-14(20)16(23-3)9-25-15/h5-10H,1-4H3,(H,19,21). The molecule has 1 N–H and O–H groups in total. The largest absolute Gasteiger partial charge is 0.490 e. The zero-order valence-electron chi connectivity index (χ0n) is 14.4. The zero-order valence-corrected chi connectivity index (χ0v) is 14.4. The number of anilines is 1. The summed E-state index contributed by atoms with van der Waals surface area (Å²) >= 11 is 0. The number of rotatable bonds is 5. The van der Waals surface area contributed by atoms with Crippen LogP contribution in [0.1, 0.15) is 46.2 Å². The van der Waals surface area contributed by atoms with Crippen LogP contribution in [0, 0.1) is 0 Å². The van der Waals surface area contributed by atoms with E-state index in [0.717, 1.165) is 17.9 Å². The summed E-state index contributed by atoms with van der Waals surface area (Å²) in [5.74, 6) is -1.17. The molecule has 132 valence electrons. The highest BCUT2D eigenvalue weighted by Gasteiger charge is 2.17. The van der Waals surface area contributed by atoms with E-state index in [0.29, 0.717) is 11.3 Å². The molecule has 7 heteroatoms. The molecular weight excluding hydrogens is 326 g/mol. The van der Waals surface area contributed by atoms with Gasteiger partial charge in [-0.15, -0.1) is 0 Å². The van der Waals surface area contributed by atoms with Gasteiger partial charge in [0.05, 0.1) is 19.8 Å². The fraction of sp³-hybridized carbons (Fsp3) is 0.278. The second kappa shape index (κ2) is 7.65. The Morgan fingerprint density at radius 3 is 2.44 bits per heavy atom. The number of ether oxygens (including phenoxy) is 2. The Bertz CT molecular complexity index is 853. The molecule has 1 aromatic carbocycles. The molecule has 1 aromatic heterocycles. The summed E-state index contributed by atoms with van der Waals surface area (Å²) in [5.41, 5.74) is 1.11. The number of carbonyl (C=O) groups is 2. The predicted molar refractivity (Wildman–Crippen MR) is 91.4 cm³/mol. The summed E-state index contributed by atoms with van der Waals surface area (Å²) in [6.07, 6.45) is 1.07. The number of benzene rings is 1. The SMILES string of the molecule is COC(=O)c1ccc(C(C)C)c(NC(=O)c2cc(=O)c(OC)co2)c1. The van der Waals surface area contributed by atoms with Crippen LogP contribution in [-0.2, 0) is 4.74 Å². The van der Waals surface area contributed by atoms with Gasteiger partial charge in [0, 0.05) is 11.8 Å². The fourth-order valence-electron chi connectivity index (χ4n) is 2.26. The van der Waals surface area contributed by atoms with Crippen molar-refractivity contribution in [2.24, 2.45) is 0 Å². The third-order valence-corrected chi connectivity index (χ3v) is 3.59. The number of nitrogens with one attached hydrogen (secondary N) is 1. The Labute approximate surface area is 144 Å². The minimum absolute atomic E-state index is 0.00658. The van der Waals surface area contributed by atoms with E-state index in [2.05, 4.69) is 5.32 Å². The van der Waals surface area contributed by atoms with Crippen molar-refractivity contribution in [3.8, 4) is 5.75 Å². The number of methoxy groups -OCH3 is 2. The molecule has 0 spiro atoms. The van der Waals surface area contributed by atoms with Gasteiger partial charge in [0.1, 0.15) is 6.26 Å². The van der Waals surface area contributed by atoms with Gasteiger partial charge in [-0.05, 0) is 23.6 Å². The van der Waals surface area contributed by atoms with E-state index in [4.69, 9.17) is 13.9 Å². The molecule has 0 bridgehead atoms. The van der Waals surface area contributed by atoms with Crippen molar-refractivity contribution >= 4 is 17.6 Å². The number of hydrogen-bond donors (Lipinski definition) is 1. The van der Waals surface area contributed by atoms with Gasteiger partial charge in [-0.25, -0.2) is 4.79 Å². The van der Waals surface area contributed by atoms with Crippen molar-refractivity contribution in [1.29, 1.82) is 0 Å². The Kier molecular flexibility index (Phi) is 5.59. The maximum Gasteiger partial charge on any atom is 0.337 e. The van der Waals surface area contributed by atoms with Crippen LogP contribution in [0.15, 0.2) is 39.7 Å². The molecule has 2 aromatic rings. The van der Waals surface area contributed by atoms with E-state index in [-0.39, 0.29) is 17.4 Å². The summed E-state index contributed by atoms with van der Waals surface area (Å²) < 4.78 is 14.6. The number of hydrogen-bond acceptors (Lipinski definition) is 6. The van der Waals surface area contributed by atoms with Gasteiger partial charge in [-0.3, -0.25) is 9.59 Å². The first-order valence-corrected chi connectivity index (χ1v) is 7.57. The van der Waals surface area contributed by atoms with E-state index in [1.165, 1.54) is 20.3 Å². The van der Waals surface area contributed by atoms with Crippen LogP contribution in [0.4, 0.5) is 5.69 Å². The monoisotopic (exact) mass is 345 g/mol. The van der Waals surface area contributed by atoms with E-state index in [1.807, 2.05) is 13.8 Å². The summed E-state index contributed by atoms with van der Waals surface area (Å²) in [6, 6.07) is 5.95. The lowest BCUT2D eigenvalue weighted by Gasteiger charge is -2.15. The van der Waals surface area contributed by atoms with E-state index in [9.17, 15) is 14.4 Å². The lowest BCUT2D eigenvalue weighted by molar-refractivity contribution is 0.0600. The Balaban J connectivity index is 2.37. The molecule has 0 saturated heterocycles. The van der Waals surface area contributed by atoms with Gasteiger partial charge in [0.25, 0.3) is 5.91 Å². The van der Waals surface area contributed by atoms with Gasteiger partial charge in [-0.1, -0.05) is 19.9 Å². The van der Waals surface area contributed by atoms with Gasteiger partial charge in [-0.2, -0.15) is 0 Å². The minimum atomic E-state index is -0.608. The minimum Gasteiger partial charge on any atom is -0.490 e. The van der Waals surface area contributed by atoms with Crippen molar-refractivity contribution in [3.63, 3.8) is 0 Å². The molecule has 0 aliphatic carbocycles. The molecule has 0 radical (unpaired) electrons. The molecule has 0 unspecified atom stereocenters. The smallest absolute Gasteiger partial charge is 0.337 e. The number of amides is 1. The van der Waals surface area contributed by atoms with Crippen LogP contribution in [-0.4, -0.2) is 26.1 Å². The highest BCUT2D eigenvalue weighted by molar-refractivity contribution is 6.03. The summed E-state index contributed by atoms with van der Waals surface area (Å²) in [5, 5.41) is 2.67. The van der Waals surface area contributed by atoms with E-state index in [1.54, 1.807) is 12.1 Å². The molecular formula is C18H19NO6. The van der Waals surface area contributed by atoms with Gasteiger partial charge in [0.2, 0.25) is 11.2 Å². The topological polar surface area (TPSA) is 94.8 Å². The fourth-order valence-corrected chi connectivity index (χ4v) is 2.26. The van der Waals surface area contributed by atoms with Gasteiger partial charge >= 0.3 is 5.97 Å². The first-order chi connectivity index (χ1) is 11.9. The normalized spacial score (nSPS) is 10.4. The Morgan fingerprint density at radius 1 is 1.16 bits per heavy atom. The molecule has 2 rings (SSSR count). The van der Waals surface area contributed by atoms with Gasteiger partial charge < -0.3 is 19.2 Å². The third kappa shape index (κ3) is 4.06. The molecule has 0 atom stereocenters. The van der Waals surface area contributed by atoms with Crippen LogP contribution in [0.3, 0.4) is 0 Å². The van der Waals surface area contributed by atoms with E-state index >= 15 is 0 Å². The molecule has 25 heavy (non-hydrogen) atoms. The van der Waals surface area contributed by atoms with Crippen molar-refractivity contribution in [2.75, 3.05) is 19.5 Å². The first-order valence-electron chi connectivity index (χ1n) is 7.57. The summed E-state index contributed by atoms with van der Waals surface area (Å²) in [6.45, 7) is 3.91. The van der Waals surface area contributed by atoms with E-state index < -0.39 is 17.3 Å². The molecule has 7 nitrogen and oxygen atoms in total. The summed E-state index contributed by atoms with van der Waals surface area (Å²) in [7, 11) is 2.61. The quantitative estimate of drug-likeness (QED) is 0.837. The van der Waals surface area contributed by atoms with Crippen molar-refractivity contribution in [3.05, 3.63) is 57.6 Å². The first kappa shape index (κ1) is 18.3. The Morgan fingerprint density at radius 2 is 1.88 bits per heavy atom. The van der Waals surface area contributed by atoms with Crippen LogP contribution in [0.25, 0.3) is 0 Å². The Hall–Kier alpha value is -3.09. The van der Waals surface area contributed by atoms with Gasteiger partial charge in [0.15, 0.2) is 5.76 Å². The maximum atomic E-state index is 12.4. The average molecular weight is 345 g/mol.